The number of hydrogen-bond acceptors (Lipinski definition) is 8. The maximum Gasteiger partial charge on any atom is 0.420 e. The van der Waals surface area contributed by atoms with E-state index in [1.54, 1.807) is 6.92 Å². The highest BCUT2D eigenvalue weighted by Gasteiger charge is 2.46. The molecule has 41 heavy (non-hydrogen) atoms. The van der Waals surface area contributed by atoms with E-state index < -0.39 is 75.0 Å². The summed E-state index contributed by atoms with van der Waals surface area (Å²) in [4.78, 5) is 16.9. The Morgan fingerprint density at radius 2 is 1.85 bits per heavy atom. The van der Waals surface area contributed by atoms with Crippen molar-refractivity contribution in [1.29, 1.82) is 0 Å². The van der Waals surface area contributed by atoms with Crippen molar-refractivity contribution in [2.75, 3.05) is 18.1 Å². The molecule has 1 aromatic carbocycles. The summed E-state index contributed by atoms with van der Waals surface area (Å²) in [6.45, 7) is 1.36. The maximum atomic E-state index is 15.7. The fourth-order valence-corrected chi connectivity index (χ4v) is 7.63. The van der Waals surface area contributed by atoms with Crippen LogP contribution in [0.5, 0.6) is 5.75 Å². The first kappa shape index (κ1) is 31.4. The number of nitrogens with zero attached hydrogens (tertiary/aromatic N) is 2. The lowest BCUT2D eigenvalue weighted by molar-refractivity contribution is -0.139. The fraction of sp³-hybridized carbons (Fsp3) is 0.615. The number of ether oxygens (including phenoxy) is 2. The van der Waals surface area contributed by atoms with Crippen LogP contribution in [-0.4, -0.2) is 50.0 Å². The zero-order chi connectivity index (χ0) is 30.2. The molecule has 0 radical (unpaired) electrons. The first-order valence-electron chi connectivity index (χ1n) is 13.1. The number of hydrogen-bond donors (Lipinski definition) is 0. The maximum absolute atomic E-state index is 15.7. The number of carbonyl (C=O) groups is 1. The molecule has 0 bridgehead atoms. The van der Waals surface area contributed by atoms with Gasteiger partial charge >= 0.3 is 12.1 Å². The van der Waals surface area contributed by atoms with E-state index in [0.717, 1.165) is 24.2 Å². The SMILES string of the molecule is CCOC(=O)c1ncsc1COc1cc2c(cc1C(F)(F)F)N(C1CCCC1)C[C@H](CCC(C)(F)F)[C@H](F)S2(=O)=O. The third-order valence-corrected chi connectivity index (χ3v) is 9.99. The van der Waals surface area contributed by atoms with Crippen molar-refractivity contribution in [2.24, 2.45) is 5.92 Å². The van der Waals surface area contributed by atoms with Gasteiger partial charge in [-0.25, -0.2) is 31.4 Å². The first-order chi connectivity index (χ1) is 19.1. The van der Waals surface area contributed by atoms with Gasteiger partial charge in [0, 0.05) is 31.0 Å². The molecule has 0 saturated heterocycles. The standard InChI is InChI=1S/C26H30F6N2O5S2/c1-3-38-24(35)22-20(40-14-33-22)13-39-19-11-21-18(10-17(19)26(30,31)32)34(16-6-4-5-7-16)12-15(8-9-25(2,28)29)23(27)41(21,36)37/h10-11,14-16,23H,3-9,12-13H2,1-2H3/t15-,23+/m0/s1. The van der Waals surface area contributed by atoms with Gasteiger partial charge in [0.1, 0.15) is 12.4 Å². The number of benzene rings is 1. The van der Waals surface area contributed by atoms with Crippen molar-refractivity contribution in [3.63, 3.8) is 0 Å². The zero-order valence-electron chi connectivity index (χ0n) is 22.3. The molecule has 1 saturated carbocycles. The van der Waals surface area contributed by atoms with Crippen molar-refractivity contribution in [1.82, 2.24) is 4.98 Å². The molecule has 1 aliphatic heterocycles. The summed E-state index contributed by atoms with van der Waals surface area (Å²) in [5.41, 5.74) is -3.10. The fourth-order valence-electron chi connectivity index (χ4n) is 5.26. The van der Waals surface area contributed by atoms with Gasteiger partial charge in [0.15, 0.2) is 5.69 Å². The van der Waals surface area contributed by atoms with Gasteiger partial charge < -0.3 is 14.4 Å². The molecule has 228 valence electrons. The van der Waals surface area contributed by atoms with E-state index in [9.17, 15) is 35.2 Å². The van der Waals surface area contributed by atoms with E-state index in [0.29, 0.717) is 31.9 Å². The van der Waals surface area contributed by atoms with Gasteiger partial charge in [-0.2, -0.15) is 13.2 Å². The first-order valence-corrected chi connectivity index (χ1v) is 15.6. The van der Waals surface area contributed by atoms with Crippen molar-refractivity contribution < 1.29 is 49.0 Å². The van der Waals surface area contributed by atoms with Gasteiger partial charge in [0.25, 0.3) is 0 Å². The molecular formula is C26H30F6N2O5S2. The van der Waals surface area contributed by atoms with Crippen LogP contribution in [-0.2, 0) is 27.4 Å². The minimum atomic E-state index is -4.99. The molecule has 2 aromatic rings. The highest BCUT2D eigenvalue weighted by molar-refractivity contribution is 7.92. The Labute approximate surface area is 237 Å². The molecule has 0 amide bonds. The highest BCUT2D eigenvalue weighted by Crippen LogP contribution is 2.47. The molecule has 7 nitrogen and oxygen atoms in total. The van der Waals surface area contributed by atoms with Crippen LogP contribution >= 0.6 is 11.3 Å². The number of alkyl halides is 6. The van der Waals surface area contributed by atoms with E-state index in [1.807, 2.05) is 0 Å². The van der Waals surface area contributed by atoms with E-state index in [4.69, 9.17) is 9.47 Å². The van der Waals surface area contributed by atoms with Gasteiger partial charge in [0.2, 0.25) is 21.3 Å². The quantitative estimate of drug-likeness (QED) is 0.223. The smallest absolute Gasteiger partial charge is 0.420 e. The van der Waals surface area contributed by atoms with E-state index in [-0.39, 0.29) is 35.5 Å². The van der Waals surface area contributed by atoms with Gasteiger partial charge in [-0.05, 0) is 39.2 Å². The molecule has 2 atom stereocenters. The molecule has 2 heterocycles. The van der Waals surface area contributed by atoms with Crippen LogP contribution in [0.25, 0.3) is 0 Å². The van der Waals surface area contributed by atoms with Crippen LogP contribution in [0.15, 0.2) is 22.5 Å². The lowest BCUT2D eigenvalue weighted by atomic mass is 9.99. The van der Waals surface area contributed by atoms with Crippen molar-refractivity contribution in [3.05, 3.63) is 33.8 Å². The summed E-state index contributed by atoms with van der Waals surface area (Å²) in [7, 11) is -4.91. The second-order valence-corrected chi connectivity index (χ2v) is 13.2. The second kappa shape index (κ2) is 12.0. The Bertz CT molecular complexity index is 1350. The number of halogens is 6. The molecule has 1 fully saturated rings. The van der Waals surface area contributed by atoms with Gasteiger partial charge in [-0.15, -0.1) is 11.3 Å². The Hall–Kier alpha value is -2.55. The highest BCUT2D eigenvalue weighted by atomic mass is 32.2. The minimum absolute atomic E-state index is 0.0380. The van der Waals surface area contributed by atoms with Crippen LogP contribution in [0.3, 0.4) is 0 Å². The van der Waals surface area contributed by atoms with Crippen LogP contribution in [0.1, 0.15) is 73.3 Å². The number of fused-ring (bicyclic) bond motifs is 1. The van der Waals surface area contributed by atoms with Crippen LogP contribution in [0.2, 0.25) is 0 Å². The van der Waals surface area contributed by atoms with Crippen LogP contribution < -0.4 is 9.64 Å². The molecular weight excluding hydrogens is 598 g/mol. The number of sulfone groups is 1. The van der Waals surface area contributed by atoms with Crippen molar-refractivity contribution in [3.8, 4) is 5.75 Å². The molecule has 1 aliphatic carbocycles. The molecule has 1 aromatic heterocycles. The molecule has 15 heteroatoms. The van der Waals surface area contributed by atoms with E-state index >= 15 is 4.39 Å². The third-order valence-electron chi connectivity index (χ3n) is 7.27. The number of aromatic nitrogens is 1. The third kappa shape index (κ3) is 6.92. The Morgan fingerprint density at radius 3 is 2.46 bits per heavy atom. The van der Waals surface area contributed by atoms with Gasteiger partial charge in [-0.3, -0.25) is 0 Å². The number of rotatable bonds is 9. The number of anilines is 1. The molecule has 4 rings (SSSR count). The summed E-state index contributed by atoms with van der Waals surface area (Å²) in [6, 6.07) is 0.920. The Balaban J connectivity index is 1.79. The van der Waals surface area contributed by atoms with Crippen molar-refractivity contribution >= 4 is 32.8 Å². The average Bonchev–Trinajstić information content (AvgIpc) is 3.57. The predicted octanol–water partition coefficient (Wildman–Crippen LogP) is 6.80. The van der Waals surface area contributed by atoms with Crippen LogP contribution in [0, 0.1) is 5.92 Å². The second-order valence-electron chi connectivity index (χ2n) is 10.3. The van der Waals surface area contributed by atoms with E-state index in [2.05, 4.69) is 4.98 Å². The molecule has 2 aliphatic rings. The number of carbonyl (C=O) groups excluding carboxylic acids is 1. The van der Waals surface area contributed by atoms with E-state index in [1.165, 1.54) is 10.4 Å². The summed E-state index contributed by atoms with van der Waals surface area (Å²) in [5.74, 6) is -6.24. The number of esters is 1. The van der Waals surface area contributed by atoms with Gasteiger partial charge in [-0.1, -0.05) is 12.8 Å². The van der Waals surface area contributed by atoms with Crippen LogP contribution in [0.4, 0.5) is 32.0 Å². The van der Waals surface area contributed by atoms with Gasteiger partial charge in [0.05, 0.1) is 33.1 Å². The largest absolute Gasteiger partial charge is 0.487 e. The predicted molar refractivity (Wildman–Crippen MR) is 139 cm³/mol. The normalized spacial score (nSPS) is 21.4. The topological polar surface area (TPSA) is 85.8 Å². The minimum Gasteiger partial charge on any atom is -0.487 e. The average molecular weight is 629 g/mol. The zero-order valence-corrected chi connectivity index (χ0v) is 24.0. The Kier molecular flexibility index (Phi) is 9.17. The monoisotopic (exact) mass is 628 g/mol. The molecule has 0 spiro atoms. The summed E-state index contributed by atoms with van der Waals surface area (Å²) in [6.07, 6.45) is -3.68. The van der Waals surface area contributed by atoms with Crippen molar-refractivity contribution in [2.45, 2.75) is 87.5 Å². The molecule has 0 unspecified atom stereocenters. The molecule has 0 N–H and O–H groups in total. The summed E-state index contributed by atoms with van der Waals surface area (Å²) in [5, 5.41) is 0. The summed E-state index contributed by atoms with van der Waals surface area (Å²) >= 11 is 0.928. The lowest BCUT2D eigenvalue weighted by Gasteiger charge is -2.34. The summed E-state index contributed by atoms with van der Waals surface area (Å²) < 4.78 is 123. The lowest BCUT2D eigenvalue weighted by Crippen LogP contribution is -2.39. The Morgan fingerprint density at radius 1 is 1.17 bits per heavy atom. The number of thiazole rings is 1.